The molecule has 4 rings (SSSR count). The van der Waals surface area contributed by atoms with E-state index in [-0.39, 0.29) is 5.91 Å². The molecule has 4 atom stereocenters. The Morgan fingerprint density at radius 2 is 1.92 bits per heavy atom. The van der Waals surface area contributed by atoms with Gasteiger partial charge < -0.3 is 19.7 Å². The zero-order valence-electron chi connectivity index (χ0n) is 15.8. The molecule has 5 heteroatoms. The quantitative estimate of drug-likeness (QED) is 0.863. The van der Waals surface area contributed by atoms with E-state index in [0.29, 0.717) is 37.8 Å². The number of fused-ring (bicyclic) bond motifs is 1. The molecule has 1 saturated heterocycles. The lowest BCUT2D eigenvalue weighted by Crippen LogP contribution is -3.11. The molecule has 1 aromatic rings. The van der Waals surface area contributed by atoms with Gasteiger partial charge in [0, 0.05) is 24.4 Å². The van der Waals surface area contributed by atoms with Crippen molar-refractivity contribution < 1.29 is 19.2 Å². The average Bonchev–Trinajstić information content (AvgIpc) is 3.11. The van der Waals surface area contributed by atoms with E-state index in [2.05, 4.69) is 24.4 Å². The van der Waals surface area contributed by atoms with Gasteiger partial charge in [-0.1, -0.05) is 19.8 Å². The van der Waals surface area contributed by atoms with E-state index in [1.54, 1.807) is 0 Å². The summed E-state index contributed by atoms with van der Waals surface area (Å²) in [6.07, 6.45) is 7.21. The molecule has 2 aliphatic heterocycles. The number of hydrogen-bond acceptors (Lipinski definition) is 3. The van der Waals surface area contributed by atoms with E-state index < -0.39 is 0 Å². The molecule has 2 N–H and O–H groups in total. The maximum absolute atomic E-state index is 12.6. The van der Waals surface area contributed by atoms with E-state index in [1.165, 1.54) is 36.1 Å². The van der Waals surface area contributed by atoms with Gasteiger partial charge in [0.1, 0.15) is 19.3 Å². The van der Waals surface area contributed by atoms with Crippen molar-refractivity contribution in [1.29, 1.82) is 0 Å². The normalized spacial score (nSPS) is 30.8. The molecule has 26 heavy (non-hydrogen) atoms. The lowest BCUT2D eigenvalue weighted by molar-refractivity contribution is -0.910. The Morgan fingerprint density at radius 3 is 2.77 bits per heavy atom. The number of likely N-dealkylation sites (tertiary alicyclic amines) is 1. The molecule has 1 aliphatic carbocycles. The summed E-state index contributed by atoms with van der Waals surface area (Å²) in [5, 5.41) is 3.31. The monoisotopic (exact) mass is 359 g/mol. The summed E-state index contributed by atoms with van der Waals surface area (Å²) in [7, 11) is 0. The highest BCUT2D eigenvalue weighted by Gasteiger charge is 2.33. The Kier molecular flexibility index (Phi) is 5.34. The molecule has 5 nitrogen and oxygen atoms in total. The number of hydrogen-bond donors (Lipinski definition) is 2. The summed E-state index contributed by atoms with van der Waals surface area (Å²) < 4.78 is 11.4. The van der Waals surface area contributed by atoms with E-state index >= 15 is 0 Å². The van der Waals surface area contributed by atoms with E-state index in [9.17, 15) is 4.79 Å². The van der Waals surface area contributed by atoms with Gasteiger partial charge in [-0.2, -0.15) is 0 Å². The fourth-order valence-corrected chi connectivity index (χ4v) is 4.80. The molecule has 0 radical (unpaired) electrons. The van der Waals surface area contributed by atoms with Gasteiger partial charge in [-0.25, -0.2) is 0 Å². The minimum Gasteiger partial charge on any atom is -0.486 e. The second kappa shape index (κ2) is 7.87. The number of quaternary nitrogens is 1. The molecule has 1 aromatic carbocycles. The van der Waals surface area contributed by atoms with Crippen molar-refractivity contribution in [2.24, 2.45) is 5.92 Å². The first-order valence-electron chi connectivity index (χ1n) is 10.2. The third kappa shape index (κ3) is 3.83. The van der Waals surface area contributed by atoms with Crippen molar-refractivity contribution in [2.45, 2.75) is 57.5 Å². The van der Waals surface area contributed by atoms with Crippen molar-refractivity contribution in [1.82, 2.24) is 5.32 Å². The highest BCUT2D eigenvalue weighted by Crippen LogP contribution is 2.33. The zero-order valence-corrected chi connectivity index (χ0v) is 15.8. The Labute approximate surface area is 156 Å². The highest BCUT2D eigenvalue weighted by atomic mass is 16.6. The van der Waals surface area contributed by atoms with Crippen LogP contribution in [0.25, 0.3) is 0 Å². The number of amides is 1. The van der Waals surface area contributed by atoms with Crippen LogP contribution < -0.4 is 19.7 Å². The molecule has 0 spiro atoms. The first kappa shape index (κ1) is 17.7. The van der Waals surface area contributed by atoms with Crippen LogP contribution in [0.2, 0.25) is 0 Å². The van der Waals surface area contributed by atoms with Crippen LogP contribution >= 0.6 is 0 Å². The van der Waals surface area contributed by atoms with Crippen LogP contribution in [0.15, 0.2) is 18.2 Å². The highest BCUT2D eigenvalue weighted by molar-refractivity contribution is 5.77. The summed E-state index contributed by atoms with van der Waals surface area (Å²) in [6.45, 7) is 5.13. The van der Waals surface area contributed by atoms with Crippen LogP contribution in [0.4, 0.5) is 0 Å². The van der Waals surface area contributed by atoms with E-state index in [1.807, 2.05) is 6.07 Å². The Hall–Kier alpha value is -1.75. The molecule has 1 saturated carbocycles. The van der Waals surface area contributed by atoms with Gasteiger partial charge in [0.05, 0.1) is 6.54 Å². The predicted molar refractivity (Wildman–Crippen MR) is 99.7 cm³/mol. The number of carbonyl (C=O) groups is 1. The van der Waals surface area contributed by atoms with Gasteiger partial charge in [-0.15, -0.1) is 0 Å². The molecule has 0 bridgehead atoms. The van der Waals surface area contributed by atoms with Crippen LogP contribution in [-0.4, -0.2) is 38.3 Å². The first-order valence-corrected chi connectivity index (χ1v) is 10.2. The smallest absolute Gasteiger partial charge is 0.275 e. The largest absolute Gasteiger partial charge is 0.486 e. The number of nitrogens with one attached hydrogen (secondary N) is 2. The topological polar surface area (TPSA) is 52.0 Å². The van der Waals surface area contributed by atoms with Gasteiger partial charge in [0.25, 0.3) is 5.91 Å². The summed E-state index contributed by atoms with van der Waals surface area (Å²) >= 11 is 0. The molecule has 0 aromatic heterocycles. The number of ether oxygens (including phenoxy) is 2. The SMILES string of the molecule is C[C@H]1CCCC[C@H]1NC(=O)C[NH+]1CCC[C@@H]1c1ccc2c(c1)OCCO2. The van der Waals surface area contributed by atoms with Crippen LogP contribution in [0.5, 0.6) is 11.5 Å². The third-order valence-corrected chi connectivity index (χ3v) is 6.30. The minimum absolute atomic E-state index is 0.211. The second-order valence-electron chi connectivity index (χ2n) is 8.12. The summed E-state index contributed by atoms with van der Waals surface area (Å²) in [5.41, 5.74) is 1.26. The Morgan fingerprint density at radius 1 is 1.12 bits per heavy atom. The Bertz CT molecular complexity index is 648. The fraction of sp³-hybridized carbons (Fsp3) is 0.667. The van der Waals surface area contributed by atoms with Crippen LogP contribution in [0.1, 0.15) is 57.1 Å². The molecule has 2 fully saturated rings. The molecule has 2 heterocycles. The molecule has 3 aliphatic rings. The molecule has 142 valence electrons. The van der Waals surface area contributed by atoms with E-state index in [0.717, 1.165) is 30.9 Å². The van der Waals surface area contributed by atoms with Crippen molar-refractivity contribution in [3.05, 3.63) is 23.8 Å². The van der Waals surface area contributed by atoms with Crippen molar-refractivity contribution >= 4 is 5.91 Å². The summed E-state index contributed by atoms with van der Waals surface area (Å²) in [5.74, 6) is 2.50. The van der Waals surface area contributed by atoms with Crippen molar-refractivity contribution in [2.75, 3.05) is 26.3 Å². The lowest BCUT2D eigenvalue weighted by atomic mass is 9.86. The molecular formula is C21H31N2O3+. The van der Waals surface area contributed by atoms with Gasteiger partial charge in [-0.05, 0) is 37.0 Å². The molecule has 1 unspecified atom stereocenters. The fourth-order valence-electron chi connectivity index (χ4n) is 4.80. The zero-order chi connectivity index (χ0) is 17.9. The van der Waals surface area contributed by atoms with Gasteiger partial charge in [0.15, 0.2) is 18.0 Å². The maximum atomic E-state index is 12.6. The minimum atomic E-state index is 0.211. The lowest BCUT2D eigenvalue weighted by Gasteiger charge is -2.30. The standard InChI is InChI=1S/C21H30N2O3/c1-15-5-2-3-6-17(15)22-21(24)14-23-10-4-7-18(23)16-8-9-19-20(13-16)26-12-11-25-19/h8-9,13,15,17-18H,2-7,10-12,14H2,1H3,(H,22,24)/p+1/t15-,17+,18+/m0/s1. The Balaban J connectivity index is 1.39. The summed E-state index contributed by atoms with van der Waals surface area (Å²) in [4.78, 5) is 14.0. The van der Waals surface area contributed by atoms with Crippen molar-refractivity contribution in [3.8, 4) is 11.5 Å². The van der Waals surface area contributed by atoms with Crippen LogP contribution in [0, 0.1) is 5.92 Å². The van der Waals surface area contributed by atoms with Gasteiger partial charge >= 0.3 is 0 Å². The second-order valence-corrected chi connectivity index (χ2v) is 8.12. The van der Waals surface area contributed by atoms with E-state index in [4.69, 9.17) is 9.47 Å². The first-order chi connectivity index (χ1) is 12.7. The predicted octanol–water partition coefficient (Wildman–Crippen LogP) is 1.87. The number of carbonyl (C=O) groups excluding carboxylic acids is 1. The maximum Gasteiger partial charge on any atom is 0.275 e. The third-order valence-electron chi connectivity index (χ3n) is 6.30. The van der Waals surface area contributed by atoms with Crippen LogP contribution in [0.3, 0.4) is 0 Å². The van der Waals surface area contributed by atoms with Crippen molar-refractivity contribution in [3.63, 3.8) is 0 Å². The van der Waals surface area contributed by atoms with Gasteiger partial charge in [0.2, 0.25) is 0 Å². The van der Waals surface area contributed by atoms with Crippen LogP contribution in [-0.2, 0) is 4.79 Å². The van der Waals surface area contributed by atoms with Gasteiger partial charge in [-0.3, -0.25) is 4.79 Å². The average molecular weight is 359 g/mol. The number of benzene rings is 1. The number of rotatable bonds is 4. The molecular weight excluding hydrogens is 328 g/mol. The summed E-state index contributed by atoms with van der Waals surface area (Å²) in [6, 6.07) is 7.02. The molecule has 1 amide bonds.